The predicted octanol–water partition coefficient (Wildman–Crippen LogP) is 1.25. The smallest absolute Gasteiger partial charge is 0.317 e. The van der Waals surface area contributed by atoms with Crippen molar-refractivity contribution < 1.29 is 9.90 Å². The molecule has 1 radical (unpaired) electrons. The third-order valence-corrected chi connectivity index (χ3v) is 2.66. The van der Waals surface area contributed by atoms with E-state index in [-0.39, 0.29) is 18.6 Å². The van der Waals surface area contributed by atoms with Gasteiger partial charge in [-0.15, -0.1) is 0 Å². The van der Waals surface area contributed by atoms with Gasteiger partial charge in [0.1, 0.15) is 0 Å². The summed E-state index contributed by atoms with van der Waals surface area (Å²) < 4.78 is 0. The van der Waals surface area contributed by atoms with Gasteiger partial charge in [0.25, 0.3) is 0 Å². The molecule has 0 aliphatic carbocycles. The van der Waals surface area contributed by atoms with Crippen LogP contribution < -0.4 is 5.32 Å². The van der Waals surface area contributed by atoms with E-state index in [1.165, 1.54) is 0 Å². The van der Waals surface area contributed by atoms with Crippen molar-refractivity contribution in [2.24, 2.45) is 5.92 Å². The number of carbonyl (C=O) groups is 1. The van der Waals surface area contributed by atoms with Crippen LogP contribution in [0.2, 0.25) is 0 Å². The van der Waals surface area contributed by atoms with Crippen LogP contribution in [-0.2, 0) is 5.11 Å². The molecule has 4 nitrogen and oxygen atoms in total. The summed E-state index contributed by atoms with van der Waals surface area (Å²) in [5, 5.41) is 13.5. The summed E-state index contributed by atoms with van der Waals surface area (Å²) >= 11 is 0. The lowest BCUT2D eigenvalue weighted by atomic mass is 9.98. The number of rotatable bonds is 3. The summed E-state index contributed by atoms with van der Waals surface area (Å²) in [5.74, 6) is 0.283. The normalized spacial score (nSPS) is 18.3. The maximum Gasteiger partial charge on any atom is 0.317 e. The van der Waals surface area contributed by atoms with E-state index >= 15 is 0 Å². The van der Waals surface area contributed by atoms with E-state index in [0.29, 0.717) is 0 Å². The quantitative estimate of drug-likeness (QED) is 0.730. The number of likely N-dealkylation sites (tertiary alicyclic amines) is 1. The van der Waals surface area contributed by atoms with Crippen LogP contribution in [-0.4, -0.2) is 37.2 Å². The average molecular weight is 199 g/mol. The first-order valence-corrected chi connectivity index (χ1v) is 5.38. The van der Waals surface area contributed by atoms with Gasteiger partial charge >= 0.3 is 6.03 Å². The molecule has 0 unspecified atom stereocenters. The number of nitrogens with zero attached hydrogens (tertiary/aromatic N) is 1. The topological polar surface area (TPSA) is 52.2 Å². The number of piperidine rings is 1. The Balaban J connectivity index is 2.23. The molecule has 0 aromatic carbocycles. The zero-order valence-corrected chi connectivity index (χ0v) is 8.79. The van der Waals surface area contributed by atoms with Gasteiger partial charge in [-0.2, -0.15) is 0 Å². The van der Waals surface area contributed by atoms with Crippen LogP contribution in [0.3, 0.4) is 0 Å². The molecule has 2 amide bonds. The summed E-state index contributed by atoms with van der Waals surface area (Å²) in [6.07, 6.45) is 2.69. The third-order valence-electron chi connectivity index (χ3n) is 2.66. The molecule has 1 saturated heterocycles. The first kappa shape index (κ1) is 11.3. The second-order valence-electron chi connectivity index (χ2n) is 3.83. The minimum absolute atomic E-state index is 0.00438. The molecule has 14 heavy (non-hydrogen) atoms. The average Bonchev–Trinajstić information content (AvgIpc) is 2.26. The van der Waals surface area contributed by atoms with E-state index in [2.05, 4.69) is 5.32 Å². The molecule has 1 N–H and O–H groups in total. The van der Waals surface area contributed by atoms with E-state index in [9.17, 15) is 9.90 Å². The highest BCUT2D eigenvalue weighted by atomic mass is 16.3. The van der Waals surface area contributed by atoms with Gasteiger partial charge in [0.2, 0.25) is 0 Å². The van der Waals surface area contributed by atoms with Crippen LogP contribution in [0, 0.1) is 5.92 Å². The fourth-order valence-corrected chi connectivity index (χ4v) is 1.65. The van der Waals surface area contributed by atoms with Crippen molar-refractivity contribution in [3.8, 4) is 0 Å². The van der Waals surface area contributed by atoms with Crippen molar-refractivity contribution in [2.75, 3.05) is 26.2 Å². The first-order valence-electron chi connectivity index (χ1n) is 5.38. The van der Waals surface area contributed by atoms with E-state index in [1.807, 2.05) is 11.8 Å². The highest BCUT2D eigenvalue weighted by Gasteiger charge is 2.21. The Morgan fingerprint density at radius 2 is 2.07 bits per heavy atom. The summed E-state index contributed by atoms with van der Waals surface area (Å²) in [4.78, 5) is 13.3. The third kappa shape index (κ3) is 3.18. The van der Waals surface area contributed by atoms with Gasteiger partial charge in [-0.3, -0.25) is 0 Å². The molecule has 4 heteroatoms. The fourth-order valence-electron chi connectivity index (χ4n) is 1.65. The first-order chi connectivity index (χ1) is 6.77. The molecule has 1 fully saturated rings. The van der Waals surface area contributed by atoms with Crippen molar-refractivity contribution in [1.29, 1.82) is 0 Å². The van der Waals surface area contributed by atoms with Crippen molar-refractivity contribution in [2.45, 2.75) is 26.2 Å². The Hall–Kier alpha value is -0.770. The largest absolute Gasteiger partial charge is 0.338 e. The van der Waals surface area contributed by atoms with Crippen LogP contribution in [0.15, 0.2) is 0 Å². The van der Waals surface area contributed by atoms with E-state index < -0.39 is 0 Å². The highest BCUT2D eigenvalue weighted by molar-refractivity contribution is 5.74. The molecule has 1 rings (SSSR count). The van der Waals surface area contributed by atoms with Crippen LogP contribution in [0.1, 0.15) is 26.2 Å². The highest BCUT2D eigenvalue weighted by Crippen LogP contribution is 2.16. The molecule has 0 atom stereocenters. The van der Waals surface area contributed by atoms with Gasteiger partial charge in [-0.05, 0) is 25.2 Å². The molecular weight excluding hydrogens is 180 g/mol. The molecule has 81 valence electrons. The molecule has 1 heterocycles. The maximum absolute atomic E-state index is 11.5. The van der Waals surface area contributed by atoms with Gasteiger partial charge in [-0.25, -0.2) is 9.90 Å². The van der Waals surface area contributed by atoms with Gasteiger partial charge in [0, 0.05) is 19.6 Å². The molecular formula is C10H19N2O2. The molecule has 0 aromatic rings. The minimum atomic E-state index is 0.00438. The Labute approximate surface area is 85.3 Å². The van der Waals surface area contributed by atoms with E-state index in [1.54, 1.807) is 0 Å². The lowest BCUT2D eigenvalue weighted by Gasteiger charge is -2.30. The molecule has 1 aliphatic heterocycles. The van der Waals surface area contributed by atoms with E-state index in [4.69, 9.17) is 0 Å². The van der Waals surface area contributed by atoms with Crippen molar-refractivity contribution >= 4 is 6.03 Å². The predicted molar refractivity (Wildman–Crippen MR) is 53.5 cm³/mol. The van der Waals surface area contributed by atoms with Crippen LogP contribution in [0.25, 0.3) is 0 Å². The molecule has 1 aliphatic rings. The molecule has 0 bridgehead atoms. The summed E-state index contributed by atoms with van der Waals surface area (Å²) in [6, 6.07) is 0.0243. The van der Waals surface area contributed by atoms with Gasteiger partial charge in [0.05, 0.1) is 6.61 Å². The summed E-state index contributed by atoms with van der Waals surface area (Å²) in [5.41, 5.74) is 0. The number of amides is 2. The number of carbonyl (C=O) groups excluding carboxylic acids is 1. The second-order valence-corrected chi connectivity index (χ2v) is 3.83. The second kappa shape index (κ2) is 5.86. The zero-order valence-electron chi connectivity index (χ0n) is 8.79. The summed E-state index contributed by atoms with van der Waals surface area (Å²) in [6.45, 7) is 4.25. The molecule has 0 saturated carbocycles. The van der Waals surface area contributed by atoms with Gasteiger partial charge in [0.15, 0.2) is 0 Å². The number of nitrogens with one attached hydrogen (secondary N) is 1. The van der Waals surface area contributed by atoms with E-state index in [0.717, 1.165) is 38.9 Å². The van der Waals surface area contributed by atoms with Crippen molar-refractivity contribution in [3.63, 3.8) is 0 Å². The molecule has 0 aromatic heterocycles. The van der Waals surface area contributed by atoms with Gasteiger partial charge in [-0.1, -0.05) is 6.92 Å². The van der Waals surface area contributed by atoms with Crippen LogP contribution in [0.4, 0.5) is 4.79 Å². The molecule has 0 spiro atoms. The minimum Gasteiger partial charge on any atom is -0.338 e. The van der Waals surface area contributed by atoms with Crippen LogP contribution in [0.5, 0.6) is 0 Å². The van der Waals surface area contributed by atoms with Crippen molar-refractivity contribution in [1.82, 2.24) is 10.2 Å². The Morgan fingerprint density at radius 3 is 2.57 bits per heavy atom. The summed E-state index contributed by atoms with van der Waals surface area (Å²) in [7, 11) is 0. The number of hydrogen-bond donors (Lipinski definition) is 1. The zero-order chi connectivity index (χ0) is 10.4. The van der Waals surface area contributed by atoms with Crippen LogP contribution >= 0.6 is 0 Å². The lowest BCUT2D eigenvalue weighted by Crippen LogP contribution is -2.45. The van der Waals surface area contributed by atoms with Gasteiger partial charge < -0.3 is 10.2 Å². The number of urea groups is 1. The maximum atomic E-state index is 11.5. The monoisotopic (exact) mass is 199 g/mol. The fraction of sp³-hybridized carbons (Fsp3) is 0.900. The SMILES string of the molecule is CCCNC(=O)N1CCC(C[O])CC1. The standard InChI is InChI=1S/C10H19N2O2/c1-2-5-11-10(14)12-6-3-9(8-13)4-7-12/h9H,2-8H2,1H3,(H,11,14). The Bertz CT molecular complexity index is 177. The van der Waals surface area contributed by atoms with Crippen molar-refractivity contribution in [3.05, 3.63) is 0 Å². The Kier molecular flexibility index (Phi) is 4.73. The Morgan fingerprint density at radius 1 is 1.43 bits per heavy atom. The number of hydrogen-bond acceptors (Lipinski definition) is 1. The lowest BCUT2D eigenvalue weighted by molar-refractivity contribution is 0.0988.